The van der Waals surface area contributed by atoms with Crippen molar-refractivity contribution >= 4 is 11.5 Å². The molecule has 3 aromatic rings. The van der Waals surface area contributed by atoms with E-state index in [9.17, 15) is 13.2 Å². The van der Waals surface area contributed by atoms with Crippen molar-refractivity contribution in [3.8, 4) is 17.1 Å². The van der Waals surface area contributed by atoms with E-state index in [1.54, 1.807) is 18.3 Å². The molecule has 0 saturated carbocycles. The third-order valence-electron chi connectivity index (χ3n) is 2.74. The molecule has 23 heavy (non-hydrogen) atoms. The summed E-state index contributed by atoms with van der Waals surface area (Å²) in [5.41, 5.74) is 1.12. The summed E-state index contributed by atoms with van der Waals surface area (Å²) < 4.78 is 40.2. The lowest BCUT2D eigenvalue weighted by atomic mass is 10.2. The maximum Gasteiger partial charge on any atom is 0.573 e. The number of nitrogens with one attached hydrogen (secondary N) is 2. The molecule has 0 aliphatic carbocycles. The first-order valence-electron chi connectivity index (χ1n) is 6.33. The number of hydrogen-bond donors (Lipinski definition) is 2. The molecule has 7 nitrogen and oxygen atoms in total. The smallest absolute Gasteiger partial charge is 0.406 e. The van der Waals surface area contributed by atoms with E-state index in [1.165, 1.54) is 24.3 Å². The van der Waals surface area contributed by atoms with Crippen molar-refractivity contribution in [1.82, 2.24) is 25.6 Å². The predicted octanol–water partition coefficient (Wildman–Crippen LogP) is 2.90. The number of H-pyrrole nitrogens is 1. The van der Waals surface area contributed by atoms with Crippen molar-refractivity contribution in [2.24, 2.45) is 0 Å². The molecule has 0 fully saturated rings. The van der Waals surface area contributed by atoms with Crippen LogP contribution >= 0.6 is 0 Å². The number of benzene rings is 1. The van der Waals surface area contributed by atoms with Crippen LogP contribution in [0.4, 0.5) is 24.7 Å². The highest BCUT2D eigenvalue weighted by Crippen LogP contribution is 2.27. The molecular formula is C13H9F3N6O. The van der Waals surface area contributed by atoms with Crippen LogP contribution in [0.15, 0.2) is 42.6 Å². The fourth-order valence-corrected chi connectivity index (χ4v) is 1.84. The van der Waals surface area contributed by atoms with Gasteiger partial charge in [0.2, 0.25) is 5.82 Å². The summed E-state index contributed by atoms with van der Waals surface area (Å²) in [6.07, 6.45) is -3.16. The first-order chi connectivity index (χ1) is 11.0. The highest BCUT2D eigenvalue weighted by atomic mass is 19.4. The average Bonchev–Trinajstić information content (AvgIpc) is 3.02. The Morgan fingerprint density at radius 1 is 1.09 bits per heavy atom. The van der Waals surface area contributed by atoms with E-state index < -0.39 is 6.36 Å². The number of halogens is 3. The lowest BCUT2D eigenvalue weighted by Crippen LogP contribution is -2.16. The van der Waals surface area contributed by atoms with Crippen molar-refractivity contribution in [2.75, 3.05) is 5.32 Å². The zero-order valence-electron chi connectivity index (χ0n) is 11.4. The molecule has 0 amide bonds. The Morgan fingerprint density at radius 3 is 2.52 bits per heavy atom. The molecule has 0 spiro atoms. The fraction of sp³-hybridized carbons (Fsp3) is 0.0769. The van der Waals surface area contributed by atoms with Gasteiger partial charge in [0.05, 0.1) is 5.56 Å². The quantitative estimate of drug-likeness (QED) is 0.768. The molecule has 0 bridgehead atoms. The first-order valence-corrected chi connectivity index (χ1v) is 6.33. The summed E-state index contributed by atoms with van der Waals surface area (Å²) in [5, 5.41) is 16.5. The van der Waals surface area contributed by atoms with Crippen LogP contribution in [0.2, 0.25) is 0 Å². The summed E-state index contributed by atoms with van der Waals surface area (Å²) in [4.78, 5) is 4.17. The Morgan fingerprint density at radius 2 is 1.87 bits per heavy atom. The van der Waals surface area contributed by atoms with Crippen LogP contribution in [0, 0.1) is 0 Å². The number of ether oxygens (including phenoxy) is 1. The van der Waals surface area contributed by atoms with Gasteiger partial charge >= 0.3 is 6.36 Å². The Labute approximate surface area is 127 Å². The van der Waals surface area contributed by atoms with Gasteiger partial charge in [-0.1, -0.05) is 0 Å². The average molecular weight is 322 g/mol. The fourth-order valence-electron chi connectivity index (χ4n) is 1.84. The highest BCUT2D eigenvalue weighted by Gasteiger charge is 2.30. The van der Waals surface area contributed by atoms with Crippen LogP contribution in [0.25, 0.3) is 11.4 Å². The van der Waals surface area contributed by atoms with Crippen LogP contribution in [-0.2, 0) is 0 Å². The lowest BCUT2D eigenvalue weighted by molar-refractivity contribution is -0.274. The molecule has 0 radical (unpaired) electrons. The van der Waals surface area contributed by atoms with Gasteiger partial charge in [-0.2, -0.15) is 5.21 Å². The van der Waals surface area contributed by atoms with Crippen LogP contribution < -0.4 is 10.1 Å². The zero-order valence-corrected chi connectivity index (χ0v) is 11.4. The third kappa shape index (κ3) is 3.73. The van der Waals surface area contributed by atoms with Crippen molar-refractivity contribution in [2.45, 2.75) is 6.36 Å². The second-order valence-corrected chi connectivity index (χ2v) is 4.33. The normalized spacial score (nSPS) is 11.3. The minimum absolute atomic E-state index is 0.303. The summed E-state index contributed by atoms with van der Waals surface area (Å²) in [6, 6.07) is 8.73. The molecule has 0 unspecified atom stereocenters. The van der Waals surface area contributed by atoms with Crippen molar-refractivity contribution in [1.29, 1.82) is 0 Å². The molecule has 2 heterocycles. The van der Waals surface area contributed by atoms with E-state index in [0.29, 0.717) is 22.9 Å². The maximum atomic E-state index is 12.1. The van der Waals surface area contributed by atoms with E-state index in [1.807, 2.05) is 0 Å². The van der Waals surface area contributed by atoms with E-state index in [0.717, 1.165) is 0 Å². The highest BCUT2D eigenvalue weighted by molar-refractivity contribution is 5.73. The van der Waals surface area contributed by atoms with Gasteiger partial charge in [-0.15, -0.1) is 23.4 Å². The number of aromatic amines is 1. The second-order valence-electron chi connectivity index (χ2n) is 4.33. The summed E-state index contributed by atoms with van der Waals surface area (Å²) in [6.45, 7) is 0. The Balaban J connectivity index is 1.80. The maximum absolute atomic E-state index is 12.1. The van der Waals surface area contributed by atoms with Crippen LogP contribution in [0.3, 0.4) is 0 Å². The largest absolute Gasteiger partial charge is 0.573 e. The molecule has 2 N–H and O–H groups in total. The van der Waals surface area contributed by atoms with E-state index in [-0.39, 0.29) is 5.75 Å². The standard InChI is InChI=1S/C13H9F3N6O/c14-13(15,16)23-9-5-3-8(4-6-9)18-11-10(2-1-7-17-11)12-19-21-22-20-12/h1-7H,(H,17,18)(H,19,20,21,22). The molecule has 118 valence electrons. The van der Waals surface area contributed by atoms with E-state index in [4.69, 9.17) is 0 Å². The number of aromatic nitrogens is 5. The van der Waals surface area contributed by atoms with E-state index >= 15 is 0 Å². The molecule has 10 heteroatoms. The van der Waals surface area contributed by atoms with Gasteiger partial charge < -0.3 is 10.1 Å². The van der Waals surface area contributed by atoms with Gasteiger partial charge in [-0.3, -0.25) is 0 Å². The Bertz CT molecular complexity index is 773. The van der Waals surface area contributed by atoms with Gasteiger partial charge in [-0.25, -0.2) is 4.98 Å². The van der Waals surface area contributed by atoms with Crippen molar-refractivity contribution in [3.63, 3.8) is 0 Å². The van der Waals surface area contributed by atoms with Gasteiger partial charge in [0.15, 0.2) is 0 Å². The van der Waals surface area contributed by atoms with Gasteiger partial charge in [0, 0.05) is 11.9 Å². The summed E-state index contributed by atoms with van der Waals surface area (Å²) in [5.74, 6) is 0.485. The monoisotopic (exact) mass is 322 g/mol. The number of rotatable bonds is 4. The van der Waals surface area contributed by atoms with Gasteiger partial charge in [-0.05, 0) is 41.6 Å². The SMILES string of the molecule is FC(F)(F)Oc1ccc(Nc2ncccc2-c2nn[nH]n2)cc1. The summed E-state index contributed by atoms with van der Waals surface area (Å²) in [7, 11) is 0. The van der Waals surface area contributed by atoms with Crippen LogP contribution in [-0.4, -0.2) is 32.0 Å². The topological polar surface area (TPSA) is 88.6 Å². The van der Waals surface area contributed by atoms with Crippen molar-refractivity contribution in [3.05, 3.63) is 42.6 Å². The minimum atomic E-state index is -4.72. The number of tetrazole rings is 1. The molecule has 1 aromatic carbocycles. The van der Waals surface area contributed by atoms with Gasteiger partial charge in [0.25, 0.3) is 0 Å². The molecule has 0 saturated heterocycles. The predicted molar refractivity (Wildman–Crippen MR) is 73.8 cm³/mol. The number of hydrogen-bond acceptors (Lipinski definition) is 6. The molecule has 0 atom stereocenters. The third-order valence-corrected chi connectivity index (χ3v) is 2.74. The minimum Gasteiger partial charge on any atom is -0.406 e. The number of pyridine rings is 1. The second kappa shape index (κ2) is 5.91. The molecule has 0 aliphatic rings. The molecular weight excluding hydrogens is 313 g/mol. The number of alkyl halides is 3. The van der Waals surface area contributed by atoms with Crippen molar-refractivity contribution < 1.29 is 17.9 Å². The molecule has 3 rings (SSSR count). The molecule has 0 aliphatic heterocycles. The lowest BCUT2D eigenvalue weighted by Gasteiger charge is -2.11. The summed E-state index contributed by atoms with van der Waals surface area (Å²) >= 11 is 0. The van der Waals surface area contributed by atoms with Crippen LogP contribution in [0.1, 0.15) is 0 Å². The number of anilines is 2. The van der Waals surface area contributed by atoms with E-state index in [2.05, 4.69) is 35.7 Å². The molecule has 2 aromatic heterocycles. The van der Waals surface area contributed by atoms with Gasteiger partial charge in [0.1, 0.15) is 11.6 Å². The van der Waals surface area contributed by atoms with Crippen LogP contribution in [0.5, 0.6) is 5.75 Å². The zero-order chi connectivity index (χ0) is 16.3. The first kappa shape index (κ1) is 14.8. The number of nitrogens with zero attached hydrogens (tertiary/aromatic N) is 4. The Kier molecular flexibility index (Phi) is 3.79. The Hall–Kier alpha value is -3.17.